The number of aromatic nitrogens is 2. The molecule has 0 saturated heterocycles. The lowest BCUT2D eigenvalue weighted by molar-refractivity contribution is -0.125. The number of carbonyl (C=O) groups excluding carboxylic acids is 1. The molecule has 0 aliphatic carbocycles. The van der Waals surface area contributed by atoms with E-state index in [0.717, 1.165) is 5.69 Å². The molecule has 1 rings (SSSR count). The Balaban J connectivity index is 2.85. The van der Waals surface area contributed by atoms with Crippen molar-refractivity contribution in [2.24, 2.45) is 5.73 Å². The fourth-order valence-corrected chi connectivity index (χ4v) is 1.59. The van der Waals surface area contributed by atoms with Gasteiger partial charge in [0.05, 0.1) is 12.0 Å². The van der Waals surface area contributed by atoms with Crippen LogP contribution in [0.2, 0.25) is 0 Å². The van der Waals surface area contributed by atoms with Crippen molar-refractivity contribution in [2.75, 3.05) is 0 Å². The molecule has 0 aliphatic rings. The maximum Gasteiger partial charge on any atom is 0.243 e. The topological polar surface area (TPSA) is 72.9 Å². The third-order valence-electron chi connectivity index (χ3n) is 2.46. The Kier molecular flexibility index (Phi) is 3.93. The highest BCUT2D eigenvalue weighted by Gasteiger charge is 2.22. The molecule has 5 nitrogen and oxygen atoms in total. The Morgan fingerprint density at radius 2 is 2.06 bits per heavy atom. The number of carbonyl (C=O) groups is 1. The minimum Gasteiger partial charge on any atom is -0.350 e. The van der Waals surface area contributed by atoms with E-state index in [1.807, 2.05) is 39.2 Å². The van der Waals surface area contributed by atoms with E-state index in [0.29, 0.717) is 0 Å². The molecule has 2 unspecified atom stereocenters. The van der Waals surface area contributed by atoms with Gasteiger partial charge in [0.1, 0.15) is 6.04 Å². The van der Waals surface area contributed by atoms with E-state index in [1.54, 1.807) is 12.5 Å². The van der Waals surface area contributed by atoms with Crippen molar-refractivity contribution in [3.63, 3.8) is 0 Å². The van der Waals surface area contributed by atoms with Gasteiger partial charge in [0.2, 0.25) is 5.91 Å². The summed E-state index contributed by atoms with van der Waals surface area (Å²) >= 11 is 0. The molecule has 1 aromatic rings. The second kappa shape index (κ2) is 4.87. The number of hydrogen-bond donors (Lipinski definition) is 2. The first-order chi connectivity index (χ1) is 7.72. The van der Waals surface area contributed by atoms with Gasteiger partial charge >= 0.3 is 0 Å². The standard InChI is InChI=1S/C12H22N4O/c1-8(13)10-6-14-7-16(10)9(2)11(17)15-12(3,4)5/h6-9H,13H2,1-5H3,(H,15,17). The summed E-state index contributed by atoms with van der Waals surface area (Å²) in [6, 6.07) is -0.444. The quantitative estimate of drug-likeness (QED) is 0.835. The minimum atomic E-state index is -0.308. The smallest absolute Gasteiger partial charge is 0.243 e. The fraction of sp³-hybridized carbons (Fsp3) is 0.667. The largest absolute Gasteiger partial charge is 0.350 e. The molecular formula is C12H22N4O. The van der Waals surface area contributed by atoms with Crippen LogP contribution in [-0.2, 0) is 4.79 Å². The SMILES string of the molecule is CC(N)c1cncn1C(C)C(=O)NC(C)(C)C. The summed E-state index contributed by atoms with van der Waals surface area (Å²) in [7, 11) is 0. The lowest BCUT2D eigenvalue weighted by atomic mass is 10.1. The third-order valence-corrected chi connectivity index (χ3v) is 2.46. The summed E-state index contributed by atoms with van der Waals surface area (Å²) in [5.74, 6) is -0.0302. The van der Waals surface area contributed by atoms with E-state index >= 15 is 0 Å². The van der Waals surface area contributed by atoms with Crippen molar-refractivity contribution in [1.82, 2.24) is 14.9 Å². The summed E-state index contributed by atoms with van der Waals surface area (Å²) in [5.41, 5.74) is 6.46. The van der Waals surface area contributed by atoms with Gasteiger partial charge in [-0.25, -0.2) is 4.98 Å². The van der Waals surface area contributed by atoms with Gasteiger partial charge in [0.25, 0.3) is 0 Å². The second-order valence-corrected chi connectivity index (χ2v) is 5.43. The zero-order chi connectivity index (χ0) is 13.2. The van der Waals surface area contributed by atoms with Crippen molar-refractivity contribution in [1.29, 1.82) is 0 Å². The number of amides is 1. The van der Waals surface area contributed by atoms with Gasteiger partial charge in [-0.2, -0.15) is 0 Å². The lowest BCUT2D eigenvalue weighted by Crippen LogP contribution is -2.44. The van der Waals surface area contributed by atoms with E-state index in [2.05, 4.69) is 10.3 Å². The molecule has 1 aromatic heterocycles. The van der Waals surface area contributed by atoms with E-state index < -0.39 is 0 Å². The van der Waals surface area contributed by atoms with E-state index in [4.69, 9.17) is 5.73 Å². The molecule has 2 atom stereocenters. The molecule has 0 saturated carbocycles. The number of rotatable bonds is 3. The summed E-state index contributed by atoms with van der Waals surface area (Å²) in [5, 5.41) is 2.94. The Morgan fingerprint density at radius 1 is 1.47 bits per heavy atom. The molecule has 0 aliphatic heterocycles. The van der Waals surface area contributed by atoms with Crippen LogP contribution in [0.4, 0.5) is 0 Å². The average Bonchev–Trinajstić information content (AvgIpc) is 2.61. The Hall–Kier alpha value is -1.36. The number of hydrogen-bond acceptors (Lipinski definition) is 3. The number of nitrogens with one attached hydrogen (secondary N) is 1. The van der Waals surface area contributed by atoms with Crippen LogP contribution >= 0.6 is 0 Å². The van der Waals surface area contributed by atoms with Gasteiger partial charge in [-0.3, -0.25) is 4.79 Å². The zero-order valence-electron chi connectivity index (χ0n) is 11.2. The number of imidazole rings is 1. The Bertz CT molecular complexity index is 389. The molecule has 0 bridgehead atoms. The molecular weight excluding hydrogens is 216 g/mol. The first kappa shape index (κ1) is 13.7. The van der Waals surface area contributed by atoms with Crippen LogP contribution in [0.15, 0.2) is 12.5 Å². The molecule has 1 heterocycles. The summed E-state index contributed by atoms with van der Waals surface area (Å²) < 4.78 is 1.81. The summed E-state index contributed by atoms with van der Waals surface area (Å²) in [6.45, 7) is 9.59. The molecule has 17 heavy (non-hydrogen) atoms. The monoisotopic (exact) mass is 238 g/mol. The molecule has 5 heteroatoms. The van der Waals surface area contributed by atoms with Crippen LogP contribution in [0.3, 0.4) is 0 Å². The summed E-state index contributed by atoms with van der Waals surface area (Å²) in [6.07, 6.45) is 3.34. The average molecular weight is 238 g/mol. The highest BCUT2D eigenvalue weighted by molar-refractivity contribution is 5.80. The highest BCUT2D eigenvalue weighted by Crippen LogP contribution is 2.16. The van der Waals surface area contributed by atoms with Gasteiger partial charge in [0.15, 0.2) is 0 Å². The van der Waals surface area contributed by atoms with Gasteiger partial charge in [0, 0.05) is 17.8 Å². The third kappa shape index (κ3) is 3.56. The van der Waals surface area contributed by atoms with Crippen LogP contribution in [0, 0.1) is 0 Å². The number of nitrogens with two attached hydrogens (primary N) is 1. The Morgan fingerprint density at radius 3 is 2.53 bits per heavy atom. The van der Waals surface area contributed by atoms with Crippen LogP contribution in [0.1, 0.15) is 52.4 Å². The van der Waals surface area contributed by atoms with Crippen LogP contribution < -0.4 is 11.1 Å². The fourth-order valence-electron chi connectivity index (χ4n) is 1.59. The van der Waals surface area contributed by atoms with Gasteiger partial charge in [-0.05, 0) is 34.6 Å². The van der Waals surface area contributed by atoms with Crippen molar-refractivity contribution >= 4 is 5.91 Å². The van der Waals surface area contributed by atoms with E-state index in [9.17, 15) is 4.79 Å². The maximum absolute atomic E-state index is 12.0. The number of nitrogens with zero attached hydrogens (tertiary/aromatic N) is 2. The van der Waals surface area contributed by atoms with Crippen molar-refractivity contribution < 1.29 is 4.79 Å². The first-order valence-electron chi connectivity index (χ1n) is 5.81. The molecule has 0 fully saturated rings. The summed E-state index contributed by atoms with van der Waals surface area (Å²) in [4.78, 5) is 16.1. The van der Waals surface area contributed by atoms with Crippen LogP contribution in [0.5, 0.6) is 0 Å². The predicted molar refractivity (Wildman–Crippen MR) is 67.4 cm³/mol. The van der Waals surface area contributed by atoms with Gasteiger partial charge in [-0.1, -0.05) is 0 Å². The van der Waals surface area contributed by atoms with Crippen LogP contribution in [-0.4, -0.2) is 21.0 Å². The van der Waals surface area contributed by atoms with E-state index in [-0.39, 0.29) is 23.5 Å². The maximum atomic E-state index is 12.0. The van der Waals surface area contributed by atoms with E-state index in [1.165, 1.54) is 0 Å². The molecule has 0 spiro atoms. The van der Waals surface area contributed by atoms with Crippen molar-refractivity contribution in [3.05, 3.63) is 18.2 Å². The normalized spacial score (nSPS) is 15.4. The second-order valence-electron chi connectivity index (χ2n) is 5.43. The zero-order valence-corrected chi connectivity index (χ0v) is 11.2. The van der Waals surface area contributed by atoms with Crippen molar-refractivity contribution in [2.45, 2.75) is 52.2 Å². The molecule has 1 amide bonds. The van der Waals surface area contributed by atoms with Gasteiger partial charge in [-0.15, -0.1) is 0 Å². The highest BCUT2D eigenvalue weighted by atomic mass is 16.2. The van der Waals surface area contributed by atoms with Gasteiger partial charge < -0.3 is 15.6 Å². The molecule has 0 aromatic carbocycles. The minimum absolute atomic E-state index is 0.0302. The predicted octanol–water partition coefficient (Wildman–Crippen LogP) is 1.38. The van der Waals surface area contributed by atoms with Crippen LogP contribution in [0.25, 0.3) is 0 Å². The molecule has 3 N–H and O–H groups in total. The Labute approximate surface area is 102 Å². The molecule has 0 radical (unpaired) electrons. The lowest BCUT2D eigenvalue weighted by Gasteiger charge is -2.25. The van der Waals surface area contributed by atoms with Crippen molar-refractivity contribution in [3.8, 4) is 0 Å². The molecule has 96 valence electrons. The first-order valence-corrected chi connectivity index (χ1v) is 5.81.